The van der Waals surface area contributed by atoms with Crippen LogP contribution >= 0.6 is 12.4 Å². The summed E-state index contributed by atoms with van der Waals surface area (Å²) in [6, 6.07) is 8.41. The van der Waals surface area contributed by atoms with Gasteiger partial charge in [0.25, 0.3) is 0 Å². The van der Waals surface area contributed by atoms with Gasteiger partial charge in [-0.3, -0.25) is 4.79 Å². The predicted molar refractivity (Wildman–Crippen MR) is 83.3 cm³/mol. The summed E-state index contributed by atoms with van der Waals surface area (Å²) in [4.78, 5) is 17.2. The van der Waals surface area contributed by atoms with Crippen molar-refractivity contribution in [1.82, 2.24) is 15.2 Å². The molecule has 1 saturated heterocycles. The quantitative estimate of drug-likeness (QED) is 0.909. The first-order valence-corrected chi connectivity index (χ1v) is 6.87. The highest BCUT2D eigenvalue weighted by molar-refractivity contribution is 5.85. The maximum absolute atomic E-state index is 12.1. The highest BCUT2D eigenvalue weighted by Crippen LogP contribution is 2.15. The number of hydrogen-bond donors (Lipinski definition) is 2. The lowest BCUT2D eigenvalue weighted by Gasteiger charge is -2.27. The molecule has 1 aromatic heterocycles. The molecule has 108 valence electrons. The van der Waals surface area contributed by atoms with Gasteiger partial charge in [0, 0.05) is 44.3 Å². The summed E-state index contributed by atoms with van der Waals surface area (Å²) in [5.41, 5.74) is 2.38. The Balaban J connectivity index is 0.00000147. The van der Waals surface area contributed by atoms with Crippen LogP contribution in [0.15, 0.2) is 30.5 Å². The van der Waals surface area contributed by atoms with Crippen LogP contribution in [0.4, 0.5) is 0 Å². The van der Waals surface area contributed by atoms with Gasteiger partial charge in [0.1, 0.15) is 0 Å². The molecule has 1 amide bonds. The number of rotatable bonds is 3. The third-order valence-corrected chi connectivity index (χ3v) is 3.71. The second-order valence-electron chi connectivity index (χ2n) is 5.03. The van der Waals surface area contributed by atoms with Crippen molar-refractivity contribution in [3.8, 4) is 0 Å². The van der Waals surface area contributed by atoms with Gasteiger partial charge in [-0.2, -0.15) is 0 Å². The molecule has 5 heteroatoms. The molecule has 20 heavy (non-hydrogen) atoms. The molecule has 0 spiro atoms. The highest BCUT2D eigenvalue weighted by Gasteiger charge is 2.15. The number of nitrogens with zero attached hydrogens (tertiary/aromatic N) is 1. The number of fused-ring (bicyclic) bond motifs is 1. The molecule has 4 nitrogen and oxygen atoms in total. The molecule has 3 rings (SSSR count). The number of piperazine rings is 1. The maximum Gasteiger partial charge on any atom is 0.222 e. The largest absolute Gasteiger partial charge is 0.361 e. The zero-order valence-corrected chi connectivity index (χ0v) is 12.2. The van der Waals surface area contributed by atoms with Gasteiger partial charge in [-0.25, -0.2) is 0 Å². The van der Waals surface area contributed by atoms with E-state index < -0.39 is 0 Å². The van der Waals surface area contributed by atoms with E-state index in [-0.39, 0.29) is 18.3 Å². The second-order valence-corrected chi connectivity index (χ2v) is 5.03. The molecular weight excluding hydrogens is 274 g/mol. The van der Waals surface area contributed by atoms with Crippen LogP contribution in [0.2, 0.25) is 0 Å². The van der Waals surface area contributed by atoms with Crippen molar-refractivity contribution < 1.29 is 4.79 Å². The number of hydrogen-bond acceptors (Lipinski definition) is 2. The van der Waals surface area contributed by atoms with E-state index in [0.717, 1.165) is 38.1 Å². The van der Waals surface area contributed by atoms with Gasteiger partial charge < -0.3 is 15.2 Å². The zero-order chi connectivity index (χ0) is 13.1. The molecule has 0 aliphatic carbocycles. The summed E-state index contributed by atoms with van der Waals surface area (Å²) in [6.07, 6.45) is 3.38. The monoisotopic (exact) mass is 293 g/mol. The lowest BCUT2D eigenvalue weighted by Crippen LogP contribution is -2.46. The number of H-pyrrole nitrogens is 1. The molecule has 0 atom stereocenters. The number of benzene rings is 1. The molecule has 1 aliphatic heterocycles. The summed E-state index contributed by atoms with van der Waals surface area (Å²) < 4.78 is 0. The molecule has 0 saturated carbocycles. The summed E-state index contributed by atoms with van der Waals surface area (Å²) in [7, 11) is 0. The van der Waals surface area contributed by atoms with Crippen molar-refractivity contribution in [2.24, 2.45) is 0 Å². The average Bonchev–Trinajstić information content (AvgIpc) is 2.93. The Kier molecular flexibility index (Phi) is 5.04. The van der Waals surface area contributed by atoms with Crippen molar-refractivity contribution in [1.29, 1.82) is 0 Å². The van der Waals surface area contributed by atoms with Crippen molar-refractivity contribution in [2.45, 2.75) is 12.8 Å². The first-order valence-electron chi connectivity index (χ1n) is 6.87. The van der Waals surface area contributed by atoms with E-state index in [9.17, 15) is 4.79 Å². The van der Waals surface area contributed by atoms with E-state index in [2.05, 4.69) is 34.6 Å². The fourth-order valence-corrected chi connectivity index (χ4v) is 2.58. The number of carbonyl (C=O) groups is 1. The van der Waals surface area contributed by atoms with Gasteiger partial charge in [-0.1, -0.05) is 6.07 Å². The first-order chi connectivity index (χ1) is 9.33. The minimum absolute atomic E-state index is 0. The summed E-state index contributed by atoms with van der Waals surface area (Å²) in [5.74, 6) is 0.274. The Bertz CT molecular complexity index is 575. The van der Waals surface area contributed by atoms with E-state index in [0.29, 0.717) is 6.42 Å². The van der Waals surface area contributed by atoms with E-state index in [1.54, 1.807) is 0 Å². The smallest absolute Gasteiger partial charge is 0.222 e. The van der Waals surface area contributed by atoms with Crippen LogP contribution in [0.1, 0.15) is 12.0 Å². The summed E-state index contributed by atoms with van der Waals surface area (Å²) >= 11 is 0. The SMILES string of the molecule is Cl.O=C(CCc1ccc2[nH]ccc2c1)N1CCNCC1. The lowest BCUT2D eigenvalue weighted by atomic mass is 10.1. The van der Waals surface area contributed by atoms with Crippen molar-refractivity contribution in [2.75, 3.05) is 26.2 Å². The molecule has 1 fully saturated rings. The highest BCUT2D eigenvalue weighted by atomic mass is 35.5. The minimum Gasteiger partial charge on any atom is -0.361 e. The molecule has 1 aromatic carbocycles. The van der Waals surface area contributed by atoms with E-state index in [1.807, 2.05) is 11.1 Å². The van der Waals surface area contributed by atoms with Crippen LogP contribution in [0.25, 0.3) is 10.9 Å². The van der Waals surface area contributed by atoms with E-state index in [1.165, 1.54) is 10.9 Å². The Morgan fingerprint density at radius 2 is 2.00 bits per heavy atom. The van der Waals surface area contributed by atoms with Gasteiger partial charge in [0.15, 0.2) is 0 Å². The van der Waals surface area contributed by atoms with Crippen molar-refractivity contribution in [3.63, 3.8) is 0 Å². The second kappa shape index (κ2) is 6.77. The Morgan fingerprint density at radius 1 is 1.20 bits per heavy atom. The van der Waals surface area contributed by atoms with Gasteiger partial charge >= 0.3 is 0 Å². The third kappa shape index (κ3) is 3.32. The third-order valence-electron chi connectivity index (χ3n) is 3.71. The number of halogens is 1. The number of aryl methyl sites for hydroxylation is 1. The molecule has 0 unspecified atom stereocenters. The number of amides is 1. The number of nitrogens with one attached hydrogen (secondary N) is 2. The van der Waals surface area contributed by atoms with Crippen molar-refractivity contribution >= 4 is 29.2 Å². The number of aromatic amines is 1. The topological polar surface area (TPSA) is 48.1 Å². The molecule has 2 heterocycles. The van der Waals surface area contributed by atoms with Crippen LogP contribution in [0, 0.1) is 0 Å². The van der Waals surface area contributed by atoms with Gasteiger partial charge in [0.05, 0.1) is 0 Å². The van der Waals surface area contributed by atoms with Crippen LogP contribution in [-0.2, 0) is 11.2 Å². The molecule has 2 N–H and O–H groups in total. The molecule has 0 radical (unpaired) electrons. The number of carbonyl (C=O) groups excluding carboxylic acids is 1. The first kappa shape index (κ1) is 14.9. The van der Waals surface area contributed by atoms with Gasteiger partial charge in [-0.15, -0.1) is 12.4 Å². The fourth-order valence-electron chi connectivity index (χ4n) is 2.58. The van der Waals surface area contributed by atoms with Crippen LogP contribution in [0.5, 0.6) is 0 Å². The number of aromatic nitrogens is 1. The molecule has 1 aliphatic rings. The fraction of sp³-hybridized carbons (Fsp3) is 0.400. The maximum atomic E-state index is 12.1. The lowest BCUT2D eigenvalue weighted by molar-refractivity contribution is -0.131. The van der Waals surface area contributed by atoms with Crippen LogP contribution in [0.3, 0.4) is 0 Å². The minimum atomic E-state index is 0. The molecule has 0 bridgehead atoms. The van der Waals surface area contributed by atoms with Gasteiger partial charge in [-0.05, 0) is 35.6 Å². The molecular formula is C15H20ClN3O. The Hall–Kier alpha value is -1.52. The normalized spacial score (nSPS) is 15.1. The van der Waals surface area contributed by atoms with E-state index >= 15 is 0 Å². The Labute approximate surface area is 124 Å². The summed E-state index contributed by atoms with van der Waals surface area (Å²) in [6.45, 7) is 3.52. The van der Waals surface area contributed by atoms with Crippen LogP contribution < -0.4 is 5.32 Å². The zero-order valence-electron chi connectivity index (χ0n) is 11.4. The summed E-state index contributed by atoms with van der Waals surface area (Å²) in [5, 5.41) is 4.48. The van der Waals surface area contributed by atoms with Gasteiger partial charge in [0.2, 0.25) is 5.91 Å². The van der Waals surface area contributed by atoms with Crippen LogP contribution in [-0.4, -0.2) is 42.0 Å². The van der Waals surface area contributed by atoms with E-state index in [4.69, 9.17) is 0 Å². The average molecular weight is 294 g/mol. The predicted octanol–water partition coefficient (Wildman–Crippen LogP) is 1.95. The standard InChI is InChI=1S/C15H19N3O.ClH/c19-15(18-9-7-16-8-10-18)4-2-12-1-3-14-13(11-12)5-6-17-14;/h1,3,5-6,11,16-17H,2,4,7-10H2;1H. The molecule has 2 aromatic rings. The Morgan fingerprint density at radius 3 is 2.80 bits per heavy atom. The van der Waals surface area contributed by atoms with Crippen molar-refractivity contribution in [3.05, 3.63) is 36.0 Å².